The lowest BCUT2D eigenvalue weighted by atomic mass is 10.1. The van der Waals surface area contributed by atoms with E-state index in [0.29, 0.717) is 19.0 Å². The third kappa shape index (κ3) is 5.94. The highest BCUT2D eigenvalue weighted by Crippen LogP contribution is 2.31. The molecule has 4 heterocycles. The molecule has 10 heteroatoms. The van der Waals surface area contributed by atoms with Gasteiger partial charge in [-0.05, 0) is 31.2 Å². The van der Waals surface area contributed by atoms with Crippen molar-refractivity contribution >= 4 is 11.6 Å². The number of benzene rings is 1. The number of methoxy groups -OCH3 is 1. The van der Waals surface area contributed by atoms with Crippen molar-refractivity contribution in [2.75, 3.05) is 69.8 Å². The molecule has 5 rings (SSSR count). The zero-order valence-electron chi connectivity index (χ0n) is 21.6. The van der Waals surface area contributed by atoms with Crippen LogP contribution in [0.5, 0.6) is 0 Å². The Balaban J connectivity index is 1.35. The predicted molar refractivity (Wildman–Crippen MR) is 146 cm³/mol. The monoisotopic (exact) mass is 504 g/mol. The van der Waals surface area contributed by atoms with Gasteiger partial charge >= 0.3 is 0 Å². The Morgan fingerprint density at radius 2 is 2.00 bits per heavy atom. The number of ether oxygens (including phenoxy) is 1. The van der Waals surface area contributed by atoms with Gasteiger partial charge in [-0.15, -0.1) is 0 Å². The Hall–Kier alpha value is -3.44. The van der Waals surface area contributed by atoms with E-state index in [1.54, 1.807) is 7.11 Å². The molecular weight excluding hydrogens is 468 g/mol. The number of nitrogens with zero attached hydrogens (tertiary/aromatic N) is 5. The summed E-state index contributed by atoms with van der Waals surface area (Å²) in [6, 6.07) is 14.4. The van der Waals surface area contributed by atoms with Crippen LogP contribution >= 0.6 is 0 Å². The second-order valence-corrected chi connectivity index (χ2v) is 9.33. The fraction of sp³-hybridized carbons (Fsp3) is 0.407. The number of anilines is 2. The Kier molecular flexibility index (Phi) is 8.00. The summed E-state index contributed by atoms with van der Waals surface area (Å²) in [6.45, 7) is 12.9. The van der Waals surface area contributed by atoms with Gasteiger partial charge in [-0.3, -0.25) is 4.84 Å². The summed E-state index contributed by atoms with van der Waals surface area (Å²) in [5.74, 6) is 2.56. The number of hydrogen-bond acceptors (Lipinski definition) is 9. The van der Waals surface area contributed by atoms with E-state index < -0.39 is 0 Å². The topological polar surface area (TPSA) is 91.7 Å². The molecule has 3 N–H and O–H groups in total. The molecule has 0 saturated carbocycles. The minimum atomic E-state index is 0.131. The van der Waals surface area contributed by atoms with Crippen LogP contribution in [-0.2, 0) is 9.57 Å². The summed E-state index contributed by atoms with van der Waals surface area (Å²) >= 11 is 0. The van der Waals surface area contributed by atoms with Crippen LogP contribution in [0.2, 0.25) is 0 Å². The highest BCUT2D eigenvalue weighted by molar-refractivity contribution is 5.71. The maximum atomic E-state index is 5.74. The first-order valence-electron chi connectivity index (χ1n) is 12.8. The van der Waals surface area contributed by atoms with Crippen molar-refractivity contribution in [1.29, 1.82) is 0 Å². The molecule has 2 aliphatic heterocycles. The first kappa shape index (κ1) is 25.2. The number of rotatable bonds is 10. The quantitative estimate of drug-likeness (QED) is 0.385. The standard InChI is InChI=1S/C27H36N8O2/c1-20-26(22-9-10-25(29-17-22)33-13-11-28-12-14-33)32-35(24-7-5-4-6-8-24)27(20)31-21(2)30-23-18-34(37-19-23)15-16-36-3/h4-10,17,23,28,30-31H,2,11-16,18-19H2,1,3H3/t23-/m1/s1. The van der Waals surface area contributed by atoms with Crippen molar-refractivity contribution in [2.45, 2.75) is 13.0 Å². The third-order valence-corrected chi connectivity index (χ3v) is 6.66. The molecular formula is C27H36N8O2. The lowest BCUT2D eigenvalue weighted by Gasteiger charge is -2.28. The largest absolute Gasteiger partial charge is 0.383 e. The molecule has 0 spiro atoms. The van der Waals surface area contributed by atoms with Gasteiger partial charge in [0.15, 0.2) is 0 Å². The number of para-hydroxylation sites is 1. The summed E-state index contributed by atoms with van der Waals surface area (Å²) in [4.78, 5) is 12.8. The summed E-state index contributed by atoms with van der Waals surface area (Å²) in [5, 5.41) is 17.2. The first-order valence-corrected chi connectivity index (χ1v) is 12.8. The zero-order chi connectivity index (χ0) is 25.6. The van der Waals surface area contributed by atoms with Gasteiger partial charge in [0.05, 0.1) is 36.5 Å². The smallest absolute Gasteiger partial charge is 0.138 e. The van der Waals surface area contributed by atoms with E-state index in [9.17, 15) is 0 Å². The van der Waals surface area contributed by atoms with Crippen molar-refractivity contribution < 1.29 is 9.57 Å². The van der Waals surface area contributed by atoms with E-state index in [2.05, 4.69) is 46.5 Å². The second-order valence-electron chi connectivity index (χ2n) is 9.33. The van der Waals surface area contributed by atoms with Crippen molar-refractivity contribution in [3.63, 3.8) is 0 Å². The van der Waals surface area contributed by atoms with E-state index in [1.165, 1.54) is 0 Å². The minimum absolute atomic E-state index is 0.131. The van der Waals surface area contributed by atoms with Crippen LogP contribution in [-0.4, -0.2) is 85.5 Å². The van der Waals surface area contributed by atoms with Crippen molar-refractivity contribution in [2.24, 2.45) is 0 Å². The van der Waals surface area contributed by atoms with Crippen LogP contribution in [0.1, 0.15) is 5.56 Å². The van der Waals surface area contributed by atoms with Crippen molar-refractivity contribution in [1.82, 2.24) is 30.5 Å². The Labute approximate surface area is 218 Å². The molecule has 0 radical (unpaired) electrons. The molecule has 2 fully saturated rings. The number of piperazine rings is 1. The molecule has 1 aromatic carbocycles. The summed E-state index contributed by atoms with van der Waals surface area (Å²) in [7, 11) is 1.70. The van der Waals surface area contributed by atoms with E-state index in [0.717, 1.165) is 73.4 Å². The highest BCUT2D eigenvalue weighted by atomic mass is 16.7. The molecule has 2 saturated heterocycles. The van der Waals surface area contributed by atoms with Gasteiger partial charge < -0.3 is 25.6 Å². The van der Waals surface area contributed by atoms with Gasteiger partial charge in [-0.2, -0.15) is 10.2 Å². The van der Waals surface area contributed by atoms with Crippen LogP contribution in [0.3, 0.4) is 0 Å². The fourth-order valence-electron chi connectivity index (χ4n) is 4.69. The molecule has 2 aliphatic rings. The van der Waals surface area contributed by atoms with Crippen molar-refractivity contribution in [3.8, 4) is 16.9 Å². The average molecular weight is 505 g/mol. The molecule has 196 valence electrons. The molecule has 1 atom stereocenters. The fourth-order valence-corrected chi connectivity index (χ4v) is 4.69. The number of hydroxylamine groups is 2. The lowest BCUT2D eigenvalue weighted by molar-refractivity contribution is -0.118. The molecule has 2 aromatic heterocycles. The van der Waals surface area contributed by atoms with Gasteiger partial charge in [0.2, 0.25) is 0 Å². The number of nitrogens with one attached hydrogen (secondary N) is 3. The van der Waals surface area contributed by atoms with Gasteiger partial charge in [0.1, 0.15) is 11.6 Å². The Bertz CT molecular complexity index is 1180. The van der Waals surface area contributed by atoms with E-state index in [1.807, 2.05) is 46.3 Å². The van der Waals surface area contributed by atoms with Gasteiger partial charge in [-0.1, -0.05) is 24.8 Å². The first-order chi connectivity index (χ1) is 18.1. The molecule has 3 aromatic rings. The maximum Gasteiger partial charge on any atom is 0.138 e. The average Bonchev–Trinajstić information content (AvgIpc) is 3.52. The van der Waals surface area contributed by atoms with Crippen molar-refractivity contribution in [3.05, 3.63) is 66.6 Å². The SMILES string of the molecule is C=C(Nc1c(C)c(-c2ccc(N3CCNCC3)nc2)nn1-c1ccccc1)N[C@H]1CON(CCOC)C1. The molecule has 0 bridgehead atoms. The lowest BCUT2D eigenvalue weighted by Crippen LogP contribution is -2.43. The zero-order valence-corrected chi connectivity index (χ0v) is 21.6. The number of aromatic nitrogens is 3. The Morgan fingerprint density at radius 3 is 2.73 bits per heavy atom. The highest BCUT2D eigenvalue weighted by Gasteiger charge is 2.24. The van der Waals surface area contributed by atoms with Crippen LogP contribution < -0.4 is 20.9 Å². The normalized spacial score (nSPS) is 18.2. The third-order valence-electron chi connectivity index (χ3n) is 6.66. The van der Waals surface area contributed by atoms with Crippen LogP contribution in [0.25, 0.3) is 16.9 Å². The summed E-state index contributed by atoms with van der Waals surface area (Å²) < 4.78 is 7.08. The maximum absolute atomic E-state index is 5.74. The predicted octanol–water partition coefficient (Wildman–Crippen LogP) is 2.39. The Morgan fingerprint density at radius 1 is 1.19 bits per heavy atom. The molecule has 0 amide bonds. The van der Waals surface area contributed by atoms with Gasteiger partial charge in [0, 0.05) is 63.7 Å². The van der Waals surface area contributed by atoms with Crippen LogP contribution in [0.15, 0.2) is 61.1 Å². The van der Waals surface area contributed by atoms with E-state index in [4.69, 9.17) is 19.7 Å². The van der Waals surface area contributed by atoms with Gasteiger partial charge in [-0.25, -0.2) is 9.67 Å². The number of hydrogen-bond donors (Lipinski definition) is 3. The number of pyridine rings is 1. The summed E-state index contributed by atoms with van der Waals surface area (Å²) in [6.07, 6.45) is 1.92. The van der Waals surface area contributed by atoms with Crippen LogP contribution in [0, 0.1) is 6.92 Å². The molecule has 0 aliphatic carbocycles. The van der Waals surface area contributed by atoms with E-state index >= 15 is 0 Å². The molecule has 10 nitrogen and oxygen atoms in total. The van der Waals surface area contributed by atoms with E-state index in [-0.39, 0.29) is 6.04 Å². The minimum Gasteiger partial charge on any atom is -0.383 e. The molecule has 0 unspecified atom stereocenters. The molecule has 37 heavy (non-hydrogen) atoms. The van der Waals surface area contributed by atoms with Gasteiger partial charge in [0.25, 0.3) is 0 Å². The van der Waals surface area contributed by atoms with Crippen LogP contribution in [0.4, 0.5) is 11.6 Å². The second kappa shape index (κ2) is 11.7. The summed E-state index contributed by atoms with van der Waals surface area (Å²) in [5.41, 5.74) is 3.85.